The molecule has 18 heavy (non-hydrogen) atoms. The number of amides is 1. The van der Waals surface area contributed by atoms with Gasteiger partial charge in [0, 0.05) is 85.5 Å². The molecule has 0 spiro atoms. The molecule has 1 rings (SSSR count). The Bertz CT molecular complexity index is 349. The van der Waals surface area contributed by atoms with E-state index in [0.717, 1.165) is 0 Å². The molecule has 0 saturated heterocycles. The Balaban J connectivity index is -0.000000245. The van der Waals surface area contributed by atoms with Gasteiger partial charge in [-0.2, -0.15) is 0 Å². The van der Waals surface area contributed by atoms with Gasteiger partial charge in [-0.1, -0.05) is 17.5 Å². The van der Waals surface area contributed by atoms with Crippen molar-refractivity contribution >= 4 is 11.6 Å². The van der Waals surface area contributed by atoms with E-state index >= 15 is 0 Å². The number of nitrogens with zero attached hydrogens (tertiary/aromatic N) is 2. The number of carbonyl (C=O) groups excluding carboxylic acids is 1. The van der Waals surface area contributed by atoms with Crippen LogP contribution in [0.25, 0.3) is 0 Å². The molecule has 2 radical (unpaired) electrons. The smallest absolute Gasteiger partial charge is 0.236 e. The first-order valence-electron chi connectivity index (χ1n) is 4.12. The Hall–Kier alpha value is 0.537. The average molecular weight is 528 g/mol. The van der Waals surface area contributed by atoms with Gasteiger partial charge in [0.1, 0.15) is 0 Å². The van der Waals surface area contributed by atoms with E-state index in [0.29, 0.717) is 11.4 Å². The summed E-state index contributed by atoms with van der Waals surface area (Å²) in [7, 11) is 0. The molecular formula is C11H14N3OVWY-3. The Morgan fingerprint density at radius 3 is 2.50 bits per heavy atom. The van der Waals surface area contributed by atoms with Crippen molar-refractivity contribution in [1.29, 1.82) is 0 Å². The van der Waals surface area contributed by atoms with Crippen molar-refractivity contribution in [3.63, 3.8) is 0 Å². The van der Waals surface area contributed by atoms with Crippen LogP contribution < -0.4 is 5.43 Å². The fourth-order valence-corrected chi connectivity index (χ4v) is 0.861. The van der Waals surface area contributed by atoms with Gasteiger partial charge in [-0.3, -0.25) is 4.79 Å². The average Bonchev–Trinajstić information content (AvgIpc) is 2.20. The third-order valence-corrected chi connectivity index (χ3v) is 1.45. The fourth-order valence-electron chi connectivity index (χ4n) is 0.861. The van der Waals surface area contributed by atoms with Crippen LogP contribution in [0, 0.1) is 20.8 Å². The molecule has 0 saturated carbocycles. The molecule has 1 N–H and O–H groups in total. The summed E-state index contributed by atoms with van der Waals surface area (Å²) in [5, 5.41) is 3.85. The standard InChI is InChI=1S/C10H11N3O.CH3.V.W.Y/c1-3-9(13-12-8(2)14)10-6-4-5-7-11-10;;;;/h3-7H,1H2,2H3,(H,12,14);1H3;;;/q-2;-1;;;/b13-9+;;;;. The van der Waals surface area contributed by atoms with Gasteiger partial charge in [-0.15, -0.1) is 6.07 Å². The first-order chi connectivity index (χ1) is 6.74. The maximum absolute atomic E-state index is 10.6. The third kappa shape index (κ3) is 10.5. The molecule has 0 bridgehead atoms. The fraction of sp³-hybridized carbons (Fsp3) is 0.0909. The molecule has 1 aromatic rings. The summed E-state index contributed by atoms with van der Waals surface area (Å²) in [5.41, 5.74) is 3.55. The topological polar surface area (TPSA) is 54.4 Å². The number of rotatable bonds is 3. The Morgan fingerprint density at radius 1 is 1.50 bits per heavy atom. The zero-order valence-electron chi connectivity index (χ0n) is 10.3. The summed E-state index contributed by atoms with van der Waals surface area (Å²) in [6, 6.07) is 5.44. The zero-order valence-corrected chi connectivity index (χ0v) is 17.5. The summed E-state index contributed by atoms with van der Waals surface area (Å²) in [4.78, 5) is 14.7. The largest absolute Gasteiger partial charge is 0.410 e. The van der Waals surface area contributed by atoms with E-state index in [-0.39, 0.29) is 85.7 Å². The summed E-state index contributed by atoms with van der Waals surface area (Å²) < 4.78 is 0. The molecule has 96 valence electrons. The van der Waals surface area contributed by atoms with E-state index in [1.807, 2.05) is 12.1 Å². The monoisotopic (exact) mass is 528 g/mol. The van der Waals surface area contributed by atoms with Crippen LogP contribution in [0.4, 0.5) is 0 Å². The van der Waals surface area contributed by atoms with Gasteiger partial charge < -0.3 is 25.8 Å². The molecule has 1 amide bonds. The van der Waals surface area contributed by atoms with Crippen LogP contribution in [-0.4, -0.2) is 16.6 Å². The molecule has 1 heterocycles. The van der Waals surface area contributed by atoms with E-state index in [2.05, 4.69) is 22.4 Å². The normalized spacial score (nSPS) is 8.44. The van der Waals surface area contributed by atoms with Crippen molar-refractivity contribution in [3.05, 3.63) is 50.9 Å². The van der Waals surface area contributed by atoms with Crippen LogP contribution in [0.1, 0.15) is 12.6 Å². The van der Waals surface area contributed by atoms with E-state index in [1.54, 1.807) is 12.3 Å². The minimum atomic E-state index is -0.222. The quantitative estimate of drug-likeness (QED) is 0.367. The number of pyridine rings is 1. The first-order valence-corrected chi connectivity index (χ1v) is 4.12. The molecule has 7 heteroatoms. The van der Waals surface area contributed by atoms with Gasteiger partial charge in [-0.25, -0.2) is 10.5 Å². The molecule has 0 aromatic carbocycles. The van der Waals surface area contributed by atoms with Gasteiger partial charge in [-0.05, 0) is 6.07 Å². The van der Waals surface area contributed by atoms with E-state index in [9.17, 15) is 4.79 Å². The van der Waals surface area contributed by atoms with Crippen LogP contribution in [0.2, 0.25) is 0 Å². The number of hydrazone groups is 1. The van der Waals surface area contributed by atoms with Gasteiger partial charge in [0.05, 0.1) is 0 Å². The van der Waals surface area contributed by atoms with Crippen molar-refractivity contribution < 1.29 is 77.1 Å². The maximum Gasteiger partial charge on any atom is 0.236 e. The van der Waals surface area contributed by atoms with Crippen molar-refractivity contribution in [3.8, 4) is 0 Å². The molecule has 0 atom stereocenters. The second-order valence-electron chi connectivity index (χ2n) is 2.58. The summed E-state index contributed by atoms with van der Waals surface area (Å²) in [6.07, 6.45) is 3.19. The maximum atomic E-state index is 10.6. The van der Waals surface area contributed by atoms with E-state index < -0.39 is 0 Å². The summed E-state index contributed by atoms with van der Waals surface area (Å²) in [5.74, 6) is -0.222. The predicted molar refractivity (Wildman–Crippen MR) is 60.7 cm³/mol. The van der Waals surface area contributed by atoms with Gasteiger partial charge in [0.25, 0.3) is 0 Å². The van der Waals surface area contributed by atoms with Gasteiger partial charge in [0.2, 0.25) is 5.91 Å². The molecule has 0 aliphatic rings. The van der Waals surface area contributed by atoms with Gasteiger partial charge >= 0.3 is 0 Å². The third-order valence-electron chi connectivity index (χ3n) is 1.45. The molecule has 0 aliphatic heterocycles. The van der Waals surface area contributed by atoms with E-state index in [1.165, 1.54) is 13.3 Å². The van der Waals surface area contributed by atoms with Crippen molar-refractivity contribution in [2.24, 2.45) is 5.10 Å². The molecule has 4 nitrogen and oxygen atoms in total. The Morgan fingerprint density at radius 2 is 2.11 bits per heavy atom. The number of aromatic nitrogens is 1. The van der Waals surface area contributed by atoms with Crippen molar-refractivity contribution in [1.82, 2.24) is 10.4 Å². The van der Waals surface area contributed by atoms with Crippen LogP contribution >= 0.6 is 0 Å². The number of hydrogen-bond acceptors (Lipinski definition) is 3. The molecule has 0 unspecified atom stereocenters. The second-order valence-corrected chi connectivity index (χ2v) is 2.58. The van der Waals surface area contributed by atoms with Gasteiger partial charge in [0.15, 0.2) is 0 Å². The minimum Gasteiger partial charge on any atom is -0.410 e. The SMILES string of the molecule is [CH2-][CH-]/C(=N\NC(C)=O)c1ccccn1.[CH3-].[V].[W].[Y]. The molecule has 1 aromatic heterocycles. The van der Waals surface area contributed by atoms with E-state index in [4.69, 9.17) is 0 Å². The first kappa shape index (κ1) is 27.0. The van der Waals surface area contributed by atoms with Crippen LogP contribution in [0.5, 0.6) is 0 Å². The van der Waals surface area contributed by atoms with Crippen LogP contribution in [-0.2, 0) is 77.1 Å². The second kappa shape index (κ2) is 15.6. The van der Waals surface area contributed by atoms with Crippen molar-refractivity contribution in [2.75, 3.05) is 0 Å². The Kier molecular flexibility index (Phi) is 23.4. The van der Waals surface area contributed by atoms with Crippen molar-refractivity contribution in [2.45, 2.75) is 6.92 Å². The summed E-state index contributed by atoms with van der Waals surface area (Å²) in [6.45, 7) is 4.98. The zero-order chi connectivity index (χ0) is 10.4. The predicted octanol–water partition coefficient (Wildman–Crippen LogP) is 1.40. The number of nitrogens with one attached hydrogen (secondary N) is 1. The van der Waals surface area contributed by atoms with Crippen LogP contribution in [0.3, 0.4) is 0 Å². The number of hydrogen-bond donors (Lipinski definition) is 1. The molecular weight excluding hydrogens is 514 g/mol. The molecule has 0 aliphatic carbocycles. The number of carbonyl (C=O) groups is 1. The Labute approximate surface area is 160 Å². The minimum absolute atomic E-state index is 0. The summed E-state index contributed by atoms with van der Waals surface area (Å²) >= 11 is 0. The van der Waals surface area contributed by atoms with Crippen LogP contribution in [0.15, 0.2) is 29.5 Å². The molecule has 0 fully saturated rings.